The molecule has 6 nitrogen and oxygen atoms in total. The lowest BCUT2D eigenvalue weighted by Gasteiger charge is -2.10. The van der Waals surface area contributed by atoms with Gasteiger partial charge in [0.25, 0.3) is 5.91 Å². The van der Waals surface area contributed by atoms with E-state index in [1.165, 1.54) is 11.8 Å². The smallest absolute Gasteiger partial charge is 0.252 e. The molecule has 0 aliphatic heterocycles. The number of nitriles is 1. The van der Waals surface area contributed by atoms with Gasteiger partial charge < -0.3 is 16.2 Å². The molecule has 7 heteroatoms. The average Bonchev–Trinajstić information content (AvgIpc) is 2.42. The SMILES string of the molecule is N#CCSc1ccccc1C(=O)NCC(O)C(N)=O. The highest BCUT2D eigenvalue weighted by molar-refractivity contribution is 7.99. The van der Waals surface area contributed by atoms with E-state index in [0.717, 1.165) is 0 Å². The summed E-state index contributed by atoms with van der Waals surface area (Å²) in [5, 5.41) is 20.1. The first-order valence-electron chi connectivity index (χ1n) is 5.40. The van der Waals surface area contributed by atoms with E-state index in [9.17, 15) is 14.7 Å². The highest BCUT2D eigenvalue weighted by Crippen LogP contribution is 2.21. The first-order valence-corrected chi connectivity index (χ1v) is 6.39. The van der Waals surface area contributed by atoms with E-state index in [4.69, 9.17) is 11.0 Å². The molecule has 4 N–H and O–H groups in total. The third-order valence-electron chi connectivity index (χ3n) is 2.21. The van der Waals surface area contributed by atoms with E-state index >= 15 is 0 Å². The lowest BCUT2D eigenvalue weighted by molar-refractivity contribution is -0.125. The fraction of sp³-hybridized carbons (Fsp3) is 0.250. The van der Waals surface area contributed by atoms with Gasteiger partial charge in [0, 0.05) is 4.90 Å². The van der Waals surface area contributed by atoms with Crippen LogP contribution in [0.5, 0.6) is 0 Å². The molecule has 1 atom stereocenters. The van der Waals surface area contributed by atoms with Crippen LogP contribution < -0.4 is 11.1 Å². The van der Waals surface area contributed by atoms with Gasteiger partial charge >= 0.3 is 0 Å². The molecule has 0 radical (unpaired) electrons. The van der Waals surface area contributed by atoms with E-state index in [0.29, 0.717) is 10.5 Å². The second-order valence-corrected chi connectivity index (χ2v) is 4.59. The maximum absolute atomic E-state index is 11.9. The number of hydrogen-bond acceptors (Lipinski definition) is 5. The number of aliphatic hydroxyl groups is 1. The Hall–Kier alpha value is -2.04. The molecule has 1 aromatic rings. The van der Waals surface area contributed by atoms with Crippen LogP contribution in [0.15, 0.2) is 29.2 Å². The molecule has 0 aliphatic rings. The van der Waals surface area contributed by atoms with Gasteiger partial charge in [0.15, 0.2) is 0 Å². The summed E-state index contributed by atoms with van der Waals surface area (Å²) in [6.45, 7) is -0.245. The van der Waals surface area contributed by atoms with Crippen molar-refractivity contribution >= 4 is 23.6 Å². The van der Waals surface area contributed by atoms with Crippen LogP contribution in [0.2, 0.25) is 0 Å². The zero-order valence-electron chi connectivity index (χ0n) is 10.00. The first kappa shape index (κ1) is 15.0. The fourth-order valence-electron chi connectivity index (χ4n) is 1.28. The topological polar surface area (TPSA) is 116 Å². The van der Waals surface area contributed by atoms with Crippen LogP contribution in [0, 0.1) is 11.3 Å². The maximum Gasteiger partial charge on any atom is 0.252 e. The number of benzene rings is 1. The van der Waals surface area contributed by atoms with E-state index < -0.39 is 17.9 Å². The van der Waals surface area contributed by atoms with E-state index in [1.807, 2.05) is 6.07 Å². The standard InChI is InChI=1S/C12H13N3O3S/c13-5-6-19-10-4-2-1-3-8(10)12(18)15-7-9(16)11(14)17/h1-4,9,16H,6-7H2,(H2,14,17)(H,15,18). The Morgan fingerprint density at radius 3 is 2.79 bits per heavy atom. The summed E-state index contributed by atoms with van der Waals surface area (Å²) < 4.78 is 0. The predicted molar refractivity (Wildman–Crippen MR) is 70.3 cm³/mol. The second kappa shape index (κ2) is 7.41. The van der Waals surface area contributed by atoms with Crippen molar-refractivity contribution in [2.24, 2.45) is 5.73 Å². The zero-order valence-corrected chi connectivity index (χ0v) is 10.8. The van der Waals surface area contributed by atoms with Crippen LogP contribution in [0.25, 0.3) is 0 Å². The number of thioether (sulfide) groups is 1. The van der Waals surface area contributed by atoms with Crippen LogP contribution in [-0.4, -0.2) is 35.3 Å². The molecule has 0 aliphatic carbocycles. The monoisotopic (exact) mass is 279 g/mol. The van der Waals surface area contributed by atoms with Gasteiger partial charge in [-0.2, -0.15) is 5.26 Å². The third kappa shape index (κ3) is 4.62. The summed E-state index contributed by atoms with van der Waals surface area (Å²) >= 11 is 1.24. The molecule has 1 unspecified atom stereocenters. The number of aliphatic hydroxyl groups excluding tert-OH is 1. The lowest BCUT2D eigenvalue weighted by atomic mass is 10.2. The Labute approximate surface area is 114 Å². The largest absolute Gasteiger partial charge is 0.381 e. The summed E-state index contributed by atoms with van der Waals surface area (Å²) in [5.41, 5.74) is 5.26. The summed E-state index contributed by atoms with van der Waals surface area (Å²) in [5.74, 6) is -1.09. The van der Waals surface area contributed by atoms with Crippen LogP contribution in [0.4, 0.5) is 0 Å². The number of nitrogens with zero attached hydrogens (tertiary/aromatic N) is 1. The Morgan fingerprint density at radius 2 is 2.16 bits per heavy atom. The molecule has 1 rings (SSSR count). The van der Waals surface area contributed by atoms with Gasteiger partial charge in [0.05, 0.1) is 23.9 Å². The fourth-order valence-corrected chi connectivity index (χ4v) is 1.99. The number of carbonyl (C=O) groups excluding carboxylic acids is 2. The minimum Gasteiger partial charge on any atom is -0.381 e. The molecule has 0 saturated carbocycles. The van der Waals surface area contributed by atoms with Crippen LogP contribution in [0.3, 0.4) is 0 Å². The molecule has 19 heavy (non-hydrogen) atoms. The first-order chi connectivity index (χ1) is 9.06. The van der Waals surface area contributed by atoms with Crippen LogP contribution >= 0.6 is 11.8 Å². The zero-order chi connectivity index (χ0) is 14.3. The van der Waals surface area contributed by atoms with Gasteiger partial charge in [-0.25, -0.2) is 0 Å². The van der Waals surface area contributed by atoms with Gasteiger partial charge in [-0.15, -0.1) is 11.8 Å². The predicted octanol–water partition coefficient (Wildman–Crippen LogP) is -0.122. The summed E-state index contributed by atoms with van der Waals surface area (Å²) in [7, 11) is 0. The van der Waals surface area contributed by atoms with Gasteiger partial charge in [-0.05, 0) is 12.1 Å². The normalized spacial score (nSPS) is 11.4. The molecular formula is C12H13N3O3S. The molecule has 1 aromatic carbocycles. The van der Waals surface area contributed by atoms with Crippen molar-refractivity contribution in [3.05, 3.63) is 29.8 Å². The van der Waals surface area contributed by atoms with Gasteiger partial charge in [0.2, 0.25) is 5.91 Å². The number of amides is 2. The Morgan fingerprint density at radius 1 is 1.47 bits per heavy atom. The lowest BCUT2D eigenvalue weighted by Crippen LogP contribution is -2.40. The molecule has 0 bridgehead atoms. The Kier molecular flexibility index (Phi) is 5.85. The van der Waals surface area contributed by atoms with Crippen LogP contribution in [-0.2, 0) is 4.79 Å². The number of carbonyl (C=O) groups is 2. The molecule has 0 saturated heterocycles. The van der Waals surface area contributed by atoms with Crippen molar-refractivity contribution in [1.29, 1.82) is 5.26 Å². The number of rotatable bonds is 6. The van der Waals surface area contributed by atoms with Gasteiger partial charge in [-0.3, -0.25) is 9.59 Å². The summed E-state index contributed by atoms with van der Waals surface area (Å²) in [6, 6.07) is 8.75. The van der Waals surface area contributed by atoms with E-state index in [2.05, 4.69) is 5.32 Å². The average molecular weight is 279 g/mol. The van der Waals surface area contributed by atoms with Crippen molar-refractivity contribution in [3.63, 3.8) is 0 Å². The number of hydrogen-bond donors (Lipinski definition) is 3. The Bertz CT molecular complexity index is 513. The Balaban J connectivity index is 2.71. The molecule has 2 amide bonds. The number of nitrogens with one attached hydrogen (secondary N) is 1. The minimum absolute atomic E-state index is 0.230. The quantitative estimate of drug-likeness (QED) is 0.628. The second-order valence-electron chi connectivity index (χ2n) is 3.57. The number of nitrogens with two attached hydrogens (primary N) is 1. The molecule has 0 heterocycles. The molecule has 100 valence electrons. The van der Waals surface area contributed by atoms with E-state index in [-0.39, 0.29) is 12.3 Å². The highest BCUT2D eigenvalue weighted by atomic mass is 32.2. The van der Waals surface area contributed by atoms with Crippen molar-refractivity contribution in [2.75, 3.05) is 12.3 Å². The van der Waals surface area contributed by atoms with Crippen LogP contribution in [0.1, 0.15) is 10.4 Å². The summed E-state index contributed by atoms with van der Waals surface area (Å²) in [6.07, 6.45) is -1.41. The van der Waals surface area contributed by atoms with Crippen molar-refractivity contribution < 1.29 is 14.7 Å². The summed E-state index contributed by atoms with van der Waals surface area (Å²) in [4.78, 5) is 23.2. The molecule has 0 spiro atoms. The maximum atomic E-state index is 11.9. The van der Waals surface area contributed by atoms with E-state index in [1.54, 1.807) is 24.3 Å². The third-order valence-corrected chi connectivity index (χ3v) is 3.15. The van der Waals surface area contributed by atoms with Crippen molar-refractivity contribution in [1.82, 2.24) is 5.32 Å². The number of primary amides is 1. The molecule has 0 fully saturated rings. The van der Waals surface area contributed by atoms with Gasteiger partial charge in [-0.1, -0.05) is 12.1 Å². The van der Waals surface area contributed by atoms with Crippen molar-refractivity contribution in [3.8, 4) is 6.07 Å². The minimum atomic E-state index is -1.41. The highest BCUT2D eigenvalue weighted by Gasteiger charge is 2.15. The molecular weight excluding hydrogens is 266 g/mol. The van der Waals surface area contributed by atoms with Crippen molar-refractivity contribution in [2.45, 2.75) is 11.0 Å². The van der Waals surface area contributed by atoms with Gasteiger partial charge in [0.1, 0.15) is 6.10 Å². The molecule has 0 aromatic heterocycles.